The minimum Gasteiger partial charge on any atom is -0.756 e. The van der Waals surface area contributed by atoms with Gasteiger partial charge in [0.15, 0.2) is 6.10 Å². The molecule has 0 saturated heterocycles. The molecular weight excluding hydrogens is 1250 g/mol. The zero-order valence-electron chi connectivity index (χ0n) is 65.9. The maximum Gasteiger partial charge on any atom is 0.306 e. The summed E-state index contributed by atoms with van der Waals surface area (Å²) < 4.78 is 34.5. The van der Waals surface area contributed by atoms with Gasteiger partial charge in [-0.15, -0.1) is 0 Å². The Morgan fingerprint density at radius 2 is 0.540 bits per heavy atom. The third-order valence-corrected chi connectivity index (χ3v) is 19.1. The summed E-state index contributed by atoms with van der Waals surface area (Å²) in [5, 5.41) is 0. The number of unbranched alkanes of at least 4 members (excludes halogenated alkanes) is 41. The monoisotopic (exact) mass is 1410 g/mol. The highest BCUT2D eigenvalue weighted by Gasteiger charge is 2.22. The van der Waals surface area contributed by atoms with Crippen molar-refractivity contribution in [2.24, 2.45) is 0 Å². The van der Waals surface area contributed by atoms with E-state index in [1.807, 2.05) is 21.1 Å². The molecule has 0 spiro atoms. The number of allylic oxidation sites excluding steroid dienone is 22. The fourth-order valence-corrected chi connectivity index (χ4v) is 12.6. The molecule has 0 amide bonds. The van der Waals surface area contributed by atoms with Gasteiger partial charge in [-0.25, -0.2) is 0 Å². The number of ether oxygens (including phenoxy) is 2. The van der Waals surface area contributed by atoms with Gasteiger partial charge in [0.05, 0.1) is 27.7 Å². The Morgan fingerprint density at radius 1 is 0.310 bits per heavy atom. The van der Waals surface area contributed by atoms with Crippen molar-refractivity contribution < 1.29 is 42.1 Å². The number of phosphoric acid groups is 1. The maximum absolute atomic E-state index is 12.9. The molecule has 0 fully saturated rings. The predicted octanol–water partition coefficient (Wildman–Crippen LogP) is 27.7. The van der Waals surface area contributed by atoms with E-state index in [-0.39, 0.29) is 32.0 Å². The van der Waals surface area contributed by atoms with Crippen LogP contribution in [-0.4, -0.2) is 70.0 Å². The van der Waals surface area contributed by atoms with Crippen LogP contribution in [0.4, 0.5) is 0 Å². The molecule has 0 heterocycles. The van der Waals surface area contributed by atoms with Crippen LogP contribution in [0.5, 0.6) is 0 Å². The summed E-state index contributed by atoms with van der Waals surface area (Å²) in [5.41, 5.74) is 0. The van der Waals surface area contributed by atoms with Gasteiger partial charge in [0.1, 0.15) is 19.8 Å². The second-order valence-electron chi connectivity index (χ2n) is 29.1. The van der Waals surface area contributed by atoms with Crippen molar-refractivity contribution >= 4 is 19.8 Å². The molecule has 0 aromatic rings. The van der Waals surface area contributed by atoms with E-state index in [1.165, 1.54) is 231 Å². The highest BCUT2D eigenvalue weighted by Crippen LogP contribution is 2.38. The number of phosphoric ester groups is 1. The van der Waals surface area contributed by atoms with E-state index in [4.69, 9.17) is 18.5 Å². The molecule has 0 aromatic carbocycles. The van der Waals surface area contributed by atoms with Crippen molar-refractivity contribution in [1.29, 1.82) is 0 Å². The van der Waals surface area contributed by atoms with Gasteiger partial charge >= 0.3 is 11.9 Å². The number of rotatable bonds is 77. The van der Waals surface area contributed by atoms with Crippen LogP contribution in [-0.2, 0) is 32.7 Å². The molecule has 10 heteroatoms. The van der Waals surface area contributed by atoms with Crippen molar-refractivity contribution in [1.82, 2.24) is 0 Å². The number of carbonyl (C=O) groups is 2. The molecule has 0 N–H and O–H groups in total. The van der Waals surface area contributed by atoms with Crippen molar-refractivity contribution in [3.63, 3.8) is 0 Å². The van der Waals surface area contributed by atoms with E-state index in [9.17, 15) is 19.0 Å². The highest BCUT2D eigenvalue weighted by atomic mass is 31.2. The number of hydrogen-bond acceptors (Lipinski definition) is 8. The van der Waals surface area contributed by atoms with Crippen molar-refractivity contribution in [3.8, 4) is 0 Å². The van der Waals surface area contributed by atoms with Gasteiger partial charge < -0.3 is 27.9 Å². The van der Waals surface area contributed by atoms with Crippen LogP contribution in [0.2, 0.25) is 0 Å². The lowest BCUT2D eigenvalue weighted by molar-refractivity contribution is -0.870. The van der Waals surface area contributed by atoms with Crippen LogP contribution in [0.3, 0.4) is 0 Å². The van der Waals surface area contributed by atoms with E-state index in [2.05, 4.69) is 148 Å². The molecule has 0 aliphatic carbocycles. The summed E-state index contributed by atoms with van der Waals surface area (Å²) in [6.45, 7) is 4.06. The Balaban J connectivity index is 3.92. The second kappa shape index (κ2) is 79.3. The molecule has 9 nitrogen and oxygen atoms in total. The van der Waals surface area contributed by atoms with E-state index in [1.54, 1.807) is 0 Å². The maximum atomic E-state index is 12.9. The number of likely N-dealkylation sites (N-methyl/N-ethyl adjacent to an activating group) is 1. The predicted molar refractivity (Wildman–Crippen MR) is 434 cm³/mol. The topological polar surface area (TPSA) is 111 Å². The Bertz CT molecular complexity index is 2160. The van der Waals surface area contributed by atoms with Gasteiger partial charge in [0.2, 0.25) is 0 Å². The minimum absolute atomic E-state index is 0.0320. The first kappa shape index (κ1) is 96.2. The number of quaternary nitrogens is 1. The van der Waals surface area contributed by atoms with Gasteiger partial charge in [-0.2, -0.15) is 0 Å². The van der Waals surface area contributed by atoms with Gasteiger partial charge in [-0.05, 0) is 109 Å². The van der Waals surface area contributed by atoms with E-state index in [0.717, 1.165) is 109 Å². The Morgan fingerprint density at radius 3 is 0.800 bits per heavy atom. The highest BCUT2D eigenvalue weighted by molar-refractivity contribution is 7.45. The first-order chi connectivity index (χ1) is 49.0. The second-order valence-corrected chi connectivity index (χ2v) is 30.5. The first-order valence-electron chi connectivity index (χ1n) is 41.9. The Kier molecular flexibility index (Phi) is 76.2. The van der Waals surface area contributed by atoms with Crippen LogP contribution < -0.4 is 4.89 Å². The summed E-state index contributed by atoms with van der Waals surface area (Å²) in [6, 6.07) is 0. The third kappa shape index (κ3) is 83.1. The van der Waals surface area contributed by atoms with E-state index < -0.39 is 26.5 Å². The molecule has 576 valence electrons. The van der Waals surface area contributed by atoms with E-state index in [0.29, 0.717) is 17.4 Å². The van der Waals surface area contributed by atoms with Crippen LogP contribution >= 0.6 is 7.82 Å². The van der Waals surface area contributed by atoms with Crippen LogP contribution in [0, 0.1) is 0 Å². The largest absolute Gasteiger partial charge is 0.756 e. The SMILES string of the molecule is CC/C=C\C/C=C\C/C=C\C/C=C\C/C=C\C/C=C\CCCCCCCCCCCCCCCCCCCCCCC(=O)OC(COC(=O)CCCCCCCCCCCCCCCCCCCCCCC/C=C\C/C=C\C/C=C\C/C=C\C/C=C\CC)COP(=O)([O-])OCC[N+](C)(C)C. The molecule has 0 aliphatic heterocycles. The zero-order valence-corrected chi connectivity index (χ0v) is 66.8. The molecule has 0 aromatic heterocycles. The van der Waals surface area contributed by atoms with Crippen molar-refractivity contribution in [2.75, 3.05) is 47.5 Å². The fraction of sp³-hybridized carbons (Fsp3) is 0.733. The molecular formula is C90H158NO8P. The average molecular weight is 1410 g/mol. The lowest BCUT2D eigenvalue weighted by Crippen LogP contribution is -2.37. The number of nitrogens with zero attached hydrogens (tertiary/aromatic N) is 1. The fourth-order valence-electron chi connectivity index (χ4n) is 11.9. The molecule has 0 bridgehead atoms. The van der Waals surface area contributed by atoms with Crippen LogP contribution in [0.1, 0.15) is 373 Å². The lowest BCUT2D eigenvalue weighted by atomic mass is 10.0. The molecule has 2 atom stereocenters. The smallest absolute Gasteiger partial charge is 0.306 e. The van der Waals surface area contributed by atoms with Crippen molar-refractivity contribution in [3.05, 3.63) is 134 Å². The number of esters is 2. The summed E-state index contributed by atoms with van der Waals surface area (Å²) in [7, 11) is 1.18. The summed E-state index contributed by atoms with van der Waals surface area (Å²) in [5.74, 6) is -0.818. The van der Waals surface area contributed by atoms with Crippen molar-refractivity contribution in [2.45, 2.75) is 380 Å². The molecule has 0 saturated carbocycles. The summed E-state index contributed by atoms with van der Waals surface area (Å²) in [4.78, 5) is 38.2. The average Bonchev–Trinajstić information content (AvgIpc) is 1.07. The third-order valence-electron chi connectivity index (χ3n) is 18.2. The van der Waals surface area contributed by atoms with Gasteiger partial charge in [0, 0.05) is 12.8 Å². The molecule has 0 rings (SSSR count). The van der Waals surface area contributed by atoms with Gasteiger partial charge in [-0.1, -0.05) is 385 Å². The summed E-state index contributed by atoms with van der Waals surface area (Å²) >= 11 is 0. The number of hydrogen-bond donors (Lipinski definition) is 0. The summed E-state index contributed by atoms with van der Waals surface area (Å²) in [6.07, 6.45) is 116. The zero-order chi connectivity index (χ0) is 72.5. The standard InChI is InChI=1S/C90H158NO8P/c1-6-8-10-12-14-16-18-20-22-24-26-28-30-32-34-36-38-40-42-44-45-47-49-51-53-55-57-59-61-63-65-67-69-71-73-75-77-79-81-83-90(93)99-88(87-98-100(94,95)97-85-84-91(3,4)5)86-96-89(92)82-80-78-76-74-72-70-68-66-64-62-60-58-56-54-52-50-48-46-43-41-39-37-35-33-31-29-27-25-23-21-19-17-15-13-11-9-7-2/h8-11,14-17,20-23,26-29,32-35,38,40,88H,6-7,12-13,18-19,24-25,30-31,36-37,39,41-87H2,1-5H3/b10-8-,11-9-,16-14-,17-15-,22-20-,23-21-,28-26-,29-27-,34-32-,35-33-,40-38-. The Hall–Kier alpha value is -3.85. The number of carbonyl (C=O) groups excluding carboxylic acids is 2. The van der Waals surface area contributed by atoms with Gasteiger partial charge in [0.25, 0.3) is 7.82 Å². The first-order valence-corrected chi connectivity index (χ1v) is 43.4. The quantitative estimate of drug-likeness (QED) is 0.0195. The van der Waals surface area contributed by atoms with Crippen LogP contribution in [0.25, 0.3) is 0 Å². The van der Waals surface area contributed by atoms with Gasteiger partial charge in [-0.3, -0.25) is 14.2 Å². The molecule has 0 radical (unpaired) electrons. The normalized spacial score (nSPS) is 13.7. The molecule has 100 heavy (non-hydrogen) atoms. The lowest BCUT2D eigenvalue weighted by Gasteiger charge is -2.28. The molecule has 2 unspecified atom stereocenters. The molecule has 0 aliphatic rings. The van der Waals surface area contributed by atoms with Crippen LogP contribution in [0.15, 0.2) is 134 Å². The minimum atomic E-state index is -4.65. The van der Waals surface area contributed by atoms with E-state index >= 15 is 0 Å². The Labute approximate surface area is 619 Å².